The molecule has 21 heavy (non-hydrogen) atoms. The Labute approximate surface area is 125 Å². The molecule has 5 heteroatoms. The van der Waals surface area contributed by atoms with Gasteiger partial charge in [0.1, 0.15) is 13.2 Å². The average molecular weight is 290 g/mol. The fraction of sp³-hybridized carbons (Fsp3) is 0.562. The highest BCUT2D eigenvalue weighted by atomic mass is 16.6. The fourth-order valence-electron chi connectivity index (χ4n) is 2.82. The van der Waals surface area contributed by atoms with Crippen LogP contribution in [0.1, 0.15) is 32.1 Å². The summed E-state index contributed by atoms with van der Waals surface area (Å²) in [6.07, 6.45) is 5.14. The Morgan fingerprint density at radius 1 is 1.24 bits per heavy atom. The van der Waals surface area contributed by atoms with Gasteiger partial charge in [-0.1, -0.05) is 6.42 Å². The summed E-state index contributed by atoms with van der Waals surface area (Å²) < 4.78 is 11.0. The number of carbonyl (C=O) groups is 1. The van der Waals surface area contributed by atoms with E-state index < -0.39 is 0 Å². The third kappa shape index (κ3) is 3.88. The fourth-order valence-corrected chi connectivity index (χ4v) is 2.82. The SMILES string of the molecule is O=C(CCC1CCCCN1)Nc1ccc2c(c1)OCCO2. The van der Waals surface area contributed by atoms with Crippen LogP contribution in [0.3, 0.4) is 0 Å². The zero-order valence-electron chi connectivity index (χ0n) is 12.2. The molecule has 1 aromatic carbocycles. The minimum Gasteiger partial charge on any atom is -0.486 e. The van der Waals surface area contributed by atoms with Gasteiger partial charge in [0.15, 0.2) is 11.5 Å². The molecule has 0 bridgehead atoms. The van der Waals surface area contributed by atoms with Crippen LogP contribution < -0.4 is 20.1 Å². The standard InChI is InChI=1S/C16H22N2O3/c19-16(7-5-12-3-1-2-8-17-12)18-13-4-6-14-15(11-13)21-10-9-20-14/h4,6,11-12,17H,1-3,5,7-10H2,(H,18,19). The molecule has 0 radical (unpaired) electrons. The summed E-state index contributed by atoms with van der Waals surface area (Å²) in [5.41, 5.74) is 0.765. The third-order valence-corrected chi connectivity index (χ3v) is 3.96. The number of hydrogen-bond acceptors (Lipinski definition) is 4. The number of carbonyl (C=O) groups excluding carboxylic acids is 1. The van der Waals surface area contributed by atoms with Crippen molar-refractivity contribution in [1.82, 2.24) is 5.32 Å². The molecule has 114 valence electrons. The second kappa shape index (κ2) is 6.80. The number of amides is 1. The van der Waals surface area contributed by atoms with E-state index in [0.717, 1.165) is 24.4 Å². The van der Waals surface area contributed by atoms with Gasteiger partial charge in [-0.05, 0) is 37.9 Å². The van der Waals surface area contributed by atoms with E-state index in [4.69, 9.17) is 9.47 Å². The topological polar surface area (TPSA) is 59.6 Å². The van der Waals surface area contributed by atoms with Crippen LogP contribution in [0.5, 0.6) is 11.5 Å². The first kappa shape index (κ1) is 14.2. The molecule has 0 saturated carbocycles. The van der Waals surface area contributed by atoms with Gasteiger partial charge in [0.2, 0.25) is 5.91 Å². The van der Waals surface area contributed by atoms with Gasteiger partial charge in [-0.25, -0.2) is 0 Å². The largest absolute Gasteiger partial charge is 0.486 e. The van der Waals surface area contributed by atoms with Crippen molar-refractivity contribution in [3.63, 3.8) is 0 Å². The zero-order valence-corrected chi connectivity index (χ0v) is 12.2. The number of benzene rings is 1. The molecule has 1 saturated heterocycles. The number of nitrogens with one attached hydrogen (secondary N) is 2. The summed E-state index contributed by atoms with van der Waals surface area (Å²) in [4.78, 5) is 12.0. The van der Waals surface area contributed by atoms with Crippen molar-refractivity contribution in [2.24, 2.45) is 0 Å². The van der Waals surface area contributed by atoms with Crippen molar-refractivity contribution >= 4 is 11.6 Å². The smallest absolute Gasteiger partial charge is 0.224 e. The normalized spacial score (nSPS) is 20.9. The van der Waals surface area contributed by atoms with E-state index in [-0.39, 0.29) is 5.91 Å². The van der Waals surface area contributed by atoms with Crippen LogP contribution in [-0.4, -0.2) is 31.7 Å². The maximum absolute atomic E-state index is 12.0. The molecule has 5 nitrogen and oxygen atoms in total. The van der Waals surface area contributed by atoms with Crippen LogP contribution in [0.2, 0.25) is 0 Å². The first-order valence-electron chi connectivity index (χ1n) is 7.74. The lowest BCUT2D eigenvalue weighted by molar-refractivity contribution is -0.116. The Bertz CT molecular complexity index is 498. The summed E-state index contributed by atoms with van der Waals surface area (Å²) in [6, 6.07) is 6.01. The summed E-state index contributed by atoms with van der Waals surface area (Å²) in [6.45, 7) is 2.21. The van der Waals surface area contributed by atoms with Crippen molar-refractivity contribution in [3.05, 3.63) is 18.2 Å². The Morgan fingerprint density at radius 2 is 2.10 bits per heavy atom. The molecule has 1 amide bonds. The Hall–Kier alpha value is -1.75. The molecule has 2 aliphatic heterocycles. The molecule has 0 aromatic heterocycles. The van der Waals surface area contributed by atoms with E-state index in [1.807, 2.05) is 18.2 Å². The Balaban J connectivity index is 1.50. The van der Waals surface area contributed by atoms with Crippen molar-refractivity contribution in [1.29, 1.82) is 0 Å². The molecule has 2 N–H and O–H groups in total. The molecular weight excluding hydrogens is 268 g/mol. The number of anilines is 1. The van der Waals surface area contributed by atoms with Crippen molar-refractivity contribution in [2.45, 2.75) is 38.1 Å². The third-order valence-electron chi connectivity index (χ3n) is 3.96. The quantitative estimate of drug-likeness (QED) is 0.893. The van der Waals surface area contributed by atoms with Gasteiger partial charge in [-0.3, -0.25) is 4.79 Å². The molecule has 1 fully saturated rings. The first-order chi connectivity index (χ1) is 10.3. The second-order valence-corrected chi connectivity index (χ2v) is 5.59. The maximum atomic E-state index is 12.0. The molecule has 1 unspecified atom stereocenters. The van der Waals surface area contributed by atoms with Crippen LogP contribution in [0, 0.1) is 0 Å². The van der Waals surface area contributed by atoms with Crippen LogP contribution in [-0.2, 0) is 4.79 Å². The Kier molecular flexibility index (Phi) is 4.60. The second-order valence-electron chi connectivity index (χ2n) is 5.59. The van der Waals surface area contributed by atoms with Crippen LogP contribution in [0.25, 0.3) is 0 Å². The molecule has 0 aliphatic carbocycles. The lowest BCUT2D eigenvalue weighted by atomic mass is 10.0. The number of ether oxygens (including phenoxy) is 2. The van der Waals surface area contributed by atoms with Crippen LogP contribution in [0.15, 0.2) is 18.2 Å². The van der Waals surface area contributed by atoms with Crippen LogP contribution in [0.4, 0.5) is 5.69 Å². The molecule has 0 spiro atoms. The summed E-state index contributed by atoms with van der Waals surface area (Å²) in [7, 11) is 0. The average Bonchev–Trinajstić information content (AvgIpc) is 2.54. The summed E-state index contributed by atoms with van der Waals surface area (Å²) >= 11 is 0. The van der Waals surface area contributed by atoms with E-state index in [1.165, 1.54) is 19.3 Å². The lowest BCUT2D eigenvalue weighted by Crippen LogP contribution is -2.34. The molecule has 1 atom stereocenters. The number of piperidine rings is 1. The van der Waals surface area contributed by atoms with Gasteiger partial charge in [0.25, 0.3) is 0 Å². The van der Waals surface area contributed by atoms with Gasteiger partial charge in [-0.2, -0.15) is 0 Å². The maximum Gasteiger partial charge on any atom is 0.224 e. The molecular formula is C16H22N2O3. The summed E-state index contributed by atoms with van der Waals surface area (Å²) in [5.74, 6) is 1.50. The highest BCUT2D eigenvalue weighted by Crippen LogP contribution is 2.32. The van der Waals surface area contributed by atoms with E-state index in [9.17, 15) is 4.79 Å². The monoisotopic (exact) mass is 290 g/mol. The number of fused-ring (bicyclic) bond motifs is 1. The zero-order chi connectivity index (χ0) is 14.5. The van der Waals surface area contributed by atoms with Crippen molar-refractivity contribution < 1.29 is 14.3 Å². The minimum absolute atomic E-state index is 0.0547. The van der Waals surface area contributed by atoms with Crippen molar-refractivity contribution in [2.75, 3.05) is 25.1 Å². The predicted molar refractivity (Wildman–Crippen MR) is 80.9 cm³/mol. The first-order valence-corrected chi connectivity index (χ1v) is 7.74. The molecule has 1 aromatic rings. The summed E-state index contributed by atoms with van der Waals surface area (Å²) in [5, 5.41) is 6.39. The van der Waals surface area contributed by atoms with E-state index in [0.29, 0.717) is 31.4 Å². The van der Waals surface area contributed by atoms with Gasteiger partial charge in [0.05, 0.1) is 0 Å². The Morgan fingerprint density at radius 3 is 2.90 bits per heavy atom. The van der Waals surface area contributed by atoms with Gasteiger partial charge < -0.3 is 20.1 Å². The molecule has 2 heterocycles. The molecule has 3 rings (SSSR count). The highest BCUT2D eigenvalue weighted by Gasteiger charge is 2.15. The van der Waals surface area contributed by atoms with Crippen molar-refractivity contribution in [3.8, 4) is 11.5 Å². The predicted octanol–water partition coefficient (Wildman–Crippen LogP) is 2.32. The lowest BCUT2D eigenvalue weighted by Gasteiger charge is -2.23. The van der Waals surface area contributed by atoms with E-state index >= 15 is 0 Å². The van der Waals surface area contributed by atoms with E-state index in [2.05, 4.69) is 10.6 Å². The highest BCUT2D eigenvalue weighted by molar-refractivity contribution is 5.91. The van der Waals surface area contributed by atoms with Gasteiger partial charge in [0, 0.05) is 24.2 Å². The van der Waals surface area contributed by atoms with Crippen LogP contribution >= 0.6 is 0 Å². The van der Waals surface area contributed by atoms with Gasteiger partial charge in [-0.15, -0.1) is 0 Å². The molecule has 2 aliphatic rings. The van der Waals surface area contributed by atoms with Gasteiger partial charge >= 0.3 is 0 Å². The minimum atomic E-state index is 0.0547. The van der Waals surface area contributed by atoms with E-state index in [1.54, 1.807) is 0 Å². The number of rotatable bonds is 4. The number of hydrogen-bond donors (Lipinski definition) is 2.